The van der Waals surface area contributed by atoms with Gasteiger partial charge in [-0.05, 0) is 45.7 Å². The Morgan fingerprint density at radius 2 is 1.95 bits per heavy atom. The predicted molar refractivity (Wildman–Crippen MR) is 80.3 cm³/mol. The molecule has 2 aliphatic rings. The highest BCUT2D eigenvalue weighted by atomic mass is 16.4. The van der Waals surface area contributed by atoms with Crippen molar-refractivity contribution in [2.45, 2.75) is 57.5 Å². The van der Waals surface area contributed by atoms with Crippen LogP contribution in [0.4, 0.5) is 4.79 Å². The molecule has 2 rings (SSSR count). The Morgan fingerprint density at radius 1 is 1.24 bits per heavy atom. The third-order valence-corrected chi connectivity index (χ3v) is 4.52. The average molecular weight is 297 g/mol. The van der Waals surface area contributed by atoms with E-state index in [4.69, 9.17) is 5.11 Å². The van der Waals surface area contributed by atoms with E-state index in [-0.39, 0.29) is 18.5 Å². The number of carbonyl (C=O) groups excluding carboxylic acids is 1. The molecule has 0 aliphatic carbocycles. The molecule has 6 nitrogen and oxygen atoms in total. The number of likely N-dealkylation sites (tertiary alicyclic amines) is 2. The lowest BCUT2D eigenvalue weighted by Crippen LogP contribution is -2.45. The number of hydrogen-bond acceptors (Lipinski definition) is 3. The molecule has 2 saturated heterocycles. The molecule has 2 fully saturated rings. The zero-order valence-corrected chi connectivity index (χ0v) is 12.9. The van der Waals surface area contributed by atoms with E-state index < -0.39 is 5.97 Å². The van der Waals surface area contributed by atoms with E-state index in [2.05, 4.69) is 10.2 Å². The van der Waals surface area contributed by atoms with Gasteiger partial charge in [-0.1, -0.05) is 6.42 Å². The maximum absolute atomic E-state index is 12.2. The number of hydrogen-bond donors (Lipinski definition) is 2. The molecule has 0 aromatic rings. The molecule has 2 N–H and O–H groups in total. The van der Waals surface area contributed by atoms with Crippen molar-refractivity contribution in [1.82, 2.24) is 15.1 Å². The lowest BCUT2D eigenvalue weighted by molar-refractivity contribution is -0.137. The molecular formula is C15H27N3O3. The molecule has 2 amide bonds. The highest BCUT2D eigenvalue weighted by molar-refractivity contribution is 5.75. The van der Waals surface area contributed by atoms with Crippen LogP contribution in [-0.2, 0) is 4.79 Å². The Hall–Kier alpha value is -1.30. The molecule has 0 aromatic heterocycles. The normalized spacial score (nSPS) is 24.8. The fraction of sp³-hybridized carbons (Fsp3) is 0.867. The molecule has 2 atom stereocenters. The molecule has 0 saturated carbocycles. The predicted octanol–water partition coefficient (Wildman–Crippen LogP) is 1.51. The van der Waals surface area contributed by atoms with Gasteiger partial charge in [0.15, 0.2) is 0 Å². The summed E-state index contributed by atoms with van der Waals surface area (Å²) in [6.45, 7) is 5.79. The molecule has 2 unspecified atom stereocenters. The molecule has 21 heavy (non-hydrogen) atoms. The van der Waals surface area contributed by atoms with Gasteiger partial charge in [-0.3, -0.25) is 9.69 Å². The highest BCUT2D eigenvalue weighted by Crippen LogP contribution is 2.20. The topological polar surface area (TPSA) is 72.9 Å². The van der Waals surface area contributed by atoms with Crippen LogP contribution in [0.25, 0.3) is 0 Å². The number of aliphatic carboxylic acids is 1. The Kier molecular flexibility index (Phi) is 5.85. The van der Waals surface area contributed by atoms with Gasteiger partial charge >= 0.3 is 12.0 Å². The molecule has 2 aliphatic heterocycles. The Bertz CT molecular complexity index is 369. The van der Waals surface area contributed by atoms with E-state index in [1.807, 2.05) is 11.8 Å². The fourth-order valence-electron chi connectivity index (χ4n) is 3.22. The molecule has 0 radical (unpaired) electrons. The van der Waals surface area contributed by atoms with Crippen LogP contribution >= 0.6 is 0 Å². The monoisotopic (exact) mass is 297 g/mol. The van der Waals surface area contributed by atoms with Gasteiger partial charge in [-0.25, -0.2) is 4.79 Å². The number of urea groups is 1. The van der Waals surface area contributed by atoms with Gasteiger partial charge in [-0.15, -0.1) is 0 Å². The van der Waals surface area contributed by atoms with Crippen LogP contribution in [0.3, 0.4) is 0 Å². The number of piperidine rings is 1. The Labute approximate surface area is 126 Å². The van der Waals surface area contributed by atoms with Crippen molar-refractivity contribution in [2.75, 3.05) is 26.2 Å². The average Bonchev–Trinajstić information content (AvgIpc) is 2.96. The van der Waals surface area contributed by atoms with E-state index >= 15 is 0 Å². The molecular weight excluding hydrogens is 270 g/mol. The lowest BCUT2D eigenvalue weighted by atomic mass is 10.1. The van der Waals surface area contributed by atoms with Gasteiger partial charge in [0, 0.05) is 31.6 Å². The van der Waals surface area contributed by atoms with E-state index in [1.165, 1.54) is 19.3 Å². The van der Waals surface area contributed by atoms with Crippen molar-refractivity contribution >= 4 is 12.0 Å². The van der Waals surface area contributed by atoms with Gasteiger partial charge in [-0.2, -0.15) is 0 Å². The second kappa shape index (κ2) is 7.64. The van der Waals surface area contributed by atoms with E-state index in [1.54, 1.807) is 0 Å². The van der Waals surface area contributed by atoms with Crippen LogP contribution in [-0.4, -0.2) is 65.2 Å². The summed E-state index contributed by atoms with van der Waals surface area (Å²) in [6, 6.07) is 0.361. The molecule has 0 spiro atoms. The zero-order valence-electron chi connectivity index (χ0n) is 12.9. The summed E-state index contributed by atoms with van der Waals surface area (Å²) >= 11 is 0. The van der Waals surface area contributed by atoms with Gasteiger partial charge in [0.25, 0.3) is 0 Å². The number of nitrogens with zero attached hydrogens (tertiary/aromatic N) is 2. The molecule has 6 heteroatoms. The number of carboxylic acid groups (broad SMARTS) is 1. The first-order valence-electron chi connectivity index (χ1n) is 8.07. The van der Waals surface area contributed by atoms with E-state index in [0.717, 1.165) is 32.6 Å². The summed E-state index contributed by atoms with van der Waals surface area (Å²) in [4.78, 5) is 27.1. The van der Waals surface area contributed by atoms with Gasteiger partial charge in [0.1, 0.15) is 0 Å². The van der Waals surface area contributed by atoms with Crippen molar-refractivity contribution in [2.24, 2.45) is 0 Å². The standard InChI is InChI=1S/C15H27N3O3/c1-12(5-6-14(19)20)16-15(21)18-10-7-13(11-18)17-8-3-2-4-9-17/h12-13H,2-11H2,1H3,(H,16,21)(H,19,20). The Balaban J connectivity index is 1.72. The second-order valence-corrected chi connectivity index (χ2v) is 6.27. The zero-order chi connectivity index (χ0) is 15.2. The van der Waals surface area contributed by atoms with Crippen LogP contribution in [0.2, 0.25) is 0 Å². The lowest BCUT2D eigenvalue weighted by Gasteiger charge is -2.32. The third-order valence-electron chi connectivity index (χ3n) is 4.52. The molecule has 2 heterocycles. The summed E-state index contributed by atoms with van der Waals surface area (Å²) in [7, 11) is 0. The van der Waals surface area contributed by atoms with Crippen LogP contribution in [0.1, 0.15) is 45.4 Å². The fourth-order valence-corrected chi connectivity index (χ4v) is 3.22. The van der Waals surface area contributed by atoms with Crippen molar-refractivity contribution in [1.29, 1.82) is 0 Å². The van der Waals surface area contributed by atoms with Gasteiger partial charge in [0.05, 0.1) is 0 Å². The maximum atomic E-state index is 12.2. The smallest absolute Gasteiger partial charge is 0.317 e. The molecule has 0 aromatic carbocycles. The SMILES string of the molecule is CC(CCC(=O)O)NC(=O)N1CCC(N2CCCCC2)C1. The van der Waals surface area contributed by atoms with Crippen molar-refractivity contribution in [3.63, 3.8) is 0 Å². The van der Waals surface area contributed by atoms with Gasteiger partial charge < -0.3 is 15.3 Å². The first-order chi connectivity index (χ1) is 10.1. The summed E-state index contributed by atoms with van der Waals surface area (Å²) in [6.07, 6.45) is 5.50. The minimum absolute atomic E-state index is 0.0487. The number of carbonyl (C=O) groups is 2. The van der Waals surface area contributed by atoms with Crippen molar-refractivity contribution in [3.8, 4) is 0 Å². The van der Waals surface area contributed by atoms with Crippen molar-refractivity contribution < 1.29 is 14.7 Å². The summed E-state index contributed by atoms with van der Waals surface area (Å²) in [5, 5.41) is 11.6. The van der Waals surface area contributed by atoms with Crippen LogP contribution in [0.15, 0.2) is 0 Å². The minimum atomic E-state index is -0.817. The van der Waals surface area contributed by atoms with Crippen LogP contribution < -0.4 is 5.32 Å². The van der Waals surface area contributed by atoms with E-state index in [9.17, 15) is 9.59 Å². The number of amides is 2. The summed E-state index contributed by atoms with van der Waals surface area (Å²) < 4.78 is 0. The summed E-state index contributed by atoms with van der Waals surface area (Å²) in [5.41, 5.74) is 0. The van der Waals surface area contributed by atoms with Crippen molar-refractivity contribution in [3.05, 3.63) is 0 Å². The first-order valence-corrected chi connectivity index (χ1v) is 8.07. The number of carboxylic acids is 1. The summed E-state index contributed by atoms with van der Waals surface area (Å²) in [5.74, 6) is -0.817. The third kappa shape index (κ3) is 4.88. The first kappa shape index (κ1) is 16.1. The molecule has 0 bridgehead atoms. The van der Waals surface area contributed by atoms with Crippen LogP contribution in [0.5, 0.6) is 0 Å². The van der Waals surface area contributed by atoms with E-state index in [0.29, 0.717) is 12.5 Å². The Morgan fingerprint density at radius 3 is 2.62 bits per heavy atom. The van der Waals surface area contributed by atoms with Gasteiger partial charge in [0.2, 0.25) is 0 Å². The second-order valence-electron chi connectivity index (χ2n) is 6.27. The quantitative estimate of drug-likeness (QED) is 0.807. The highest BCUT2D eigenvalue weighted by Gasteiger charge is 2.31. The largest absolute Gasteiger partial charge is 0.481 e. The maximum Gasteiger partial charge on any atom is 0.317 e. The minimum Gasteiger partial charge on any atom is -0.481 e. The molecule has 120 valence electrons. The number of nitrogens with one attached hydrogen (secondary N) is 1. The van der Waals surface area contributed by atoms with Crippen LogP contribution in [0, 0.1) is 0 Å². The number of rotatable bonds is 5.